The molecule has 1 atom stereocenters. The Labute approximate surface area is 75.0 Å². The summed E-state index contributed by atoms with van der Waals surface area (Å²) < 4.78 is 26.3. The van der Waals surface area contributed by atoms with E-state index in [1.54, 1.807) is 0 Å². The Balaban J connectivity index is 2.60. The molecule has 0 bridgehead atoms. The standard InChI is InChI=1S/C10H10F2O/c11-7-4-5-8(12)10-6(7)2-1-3-9(10)13/h4-5,9,13H,1-3H2/t9-/m1/s1. The van der Waals surface area contributed by atoms with Gasteiger partial charge in [-0.3, -0.25) is 0 Å². The molecule has 0 saturated carbocycles. The molecule has 70 valence electrons. The highest BCUT2D eigenvalue weighted by Crippen LogP contribution is 2.32. The van der Waals surface area contributed by atoms with E-state index in [0.717, 1.165) is 12.1 Å². The molecule has 0 unspecified atom stereocenters. The number of aliphatic hydroxyl groups is 1. The SMILES string of the molecule is O[C@@H]1CCCc2c(F)ccc(F)c21. The monoisotopic (exact) mass is 184 g/mol. The first-order valence-corrected chi connectivity index (χ1v) is 4.35. The molecule has 1 aromatic rings. The maximum absolute atomic E-state index is 13.2. The average molecular weight is 184 g/mol. The molecule has 3 heteroatoms. The largest absolute Gasteiger partial charge is 0.388 e. The lowest BCUT2D eigenvalue weighted by atomic mass is 9.89. The molecule has 0 heterocycles. The van der Waals surface area contributed by atoms with Crippen molar-refractivity contribution in [3.05, 3.63) is 34.9 Å². The molecule has 1 aromatic carbocycles. The molecule has 0 amide bonds. The third-order valence-electron chi connectivity index (χ3n) is 2.48. The number of halogens is 2. The second-order valence-electron chi connectivity index (χ2n) is 3.33. The van der Waals surface area contributed by atoms with E-state index in [1.807, 2.05) is 0 Å². The molecule has 1 N–H and O–H groups in total. The molecule has 1 nitrogen and oxygen atoms in total. The molecule has 0 aliphatic heterocycles. The van der Waals surface area contributed by atoms with E-state index >= 15 is 0 Å². The van der Waals surface area contributed by atoms with Crippen molar-refractivity contribution in [1.82, 2.24) is 0 Å². The van der Waals surface area contributed by atoms with Gasteiger partial charge < -0.3 is 5.11 Å². The Bertz CT molecular complexity index is 336. The van der Waals surface area contributed by atoms with Crippen molar-refractivity contribution in [2.24, 2.45) is 0 Å². The van der Waals surface area contributed by atoms with Gasteiger partial charge in [-0.15, -0.1) is 0 Å². The van der Waals surface area contributed by atoms with Crippen LogP contribution in [0.1, 0.15) is 30.1 Å². The molecule has 0 saturated heterocycles. The van der Waals surface area contributed by atoms with Gasteiger partial charge in [-0.25, -0.2) is 8.78 Å². The van der Waals surface area contributed by atoms with Crippen molar-refractivity contribution in [3.63, 3.8) is 0 Å². The Hall–Kier alpha value is -0.960. The van der Waals surface area contributed by atoms with Gasteiger partial charge in [0, 0.05) is 5.56 Å². The molecule has 1 aliphatic rings. The minimum atomic E-state index is -0.834. The Kier molecular flexibility index (Phi) is 2.04. The summed E-state index contributed by atoms with van der Waals surface area (Å²) in [5, 5.41) is 9.46. The first-order valence-electron chi connectivity index (χ1n) is 4.35. The molecule has 0 radical (unpaired) electrons. The zero-order valence-electron chi connectivity index (χ0n) is 7.06. The first-order chi connectivity index (χ1) is 6.20. The zero-order valence-corrected chi connectivity index (χ0v) is 7.06. The van der Waals surface area contributed by atoms with Gasteiger partial charge in [0.05, 0.1) is 6.10 Å². The van der Waals surface area contributed by atoms with Crippen LogP contribution < -0.4 is 0 Å². The van der Waals surface area contributed by atoms with Crippen LogP contribution in [0.2, 0.25) is 0 Å². The third-order valence-corrected chi connectivity index (χ3v) is 2.48. The van der Waals surface area contributed by atoms with Gasteiger partial charge in [0.25, 0.3) is 0 Å². The molecule has 0 fully saturated rings. The van der Waals surface area contributed by atoms with Crippen molar-refractivity contribution < 1.29 is 13.9 Å². The lowest BCUT2D eigenvalue weighted by Gasteiger charge is -2.21. The molecule has 1 aliphatic carbocycles. The molecular weight excluding hydrogens is 174 g/mol. The van der Waals surface area contributed by atoms with Gasteiger partial charge in [-0.1, -0.05) is 0 Å². The molecule has 2 rings (SSSR count). The lowest BCUT2D eigenvalue weighted by molar-refractivity contribution is 0.150. The van der Waals surface area contributed by atoms with Crippen LogP contribution in [-0.4, -0.2) is 5.11 Å². The fraction of sp³-hybridized carbons (Fsp3) is 0.400. The topological polar surface area (TPSA) is 20.2 Å². The molecule has 13 heavy (non-hydrogen) atoms. The van der Waals surface area contributed by atoms with Crippen molar-refractivity contribution in [1.29, 1.82) is 0 Å². The quantitative estimate of drug-likeness (QED) is 0.656. The second-order valence-corrected chi connectivity index (χ2v) is 3.33. The van der Waals surface area contributed by atoms with Gasteiger partial charge in [0.2, 0.25) is 0 Å². The summed E-state index contributed by atoms with van der Waals surface area (Å²) in [6.07, 6.45) is 0.928. The highest BCUT2D eigenvalue weighted by Gasteiger charge is 2.24. The smallest absolute Gasteiger partial charge is 0.129 e. The van der Waals surface area contributed by atoms with Gasteiger partial charge in [-0.2, -0.15) is 0 Å². The van der Waals surface area contributed by atoms with Crippen LogP contribution in [-0.2, 0) is 6.42 Å². The lowest BCUT2D eigenvalue weighted by Crippen LogP contribution is -2.13. The summed E-state index contributed by atoms with van der Waals surface area (Å²) in [5.41, 5.74) is 0.505. The highest BCUT2D eigenvalue weighted by molar-refractivity contribution is 5.33. The van der Waals surface area contributed by atoms with Gasteiger partial charge in [0.1, 0.15) is 11.6 Å². The second kappa shape index (κ2) is 3.07. The van der Waals surface area contributed by atoms with Crippen LogP contribution in [0.25, 0.3) is 0 Å². The third kappa shape index (κ3) is 1.33. The zero-order chi connectivity index (χ0) is 9.42. The maximum Gasteiger partial charge on any atom is 0.129 e. The Morgan fingerprint density at radius 2 is 1.92 bits per heavy atom. The maximum atomic E-state index is 13.2. The van der Waals surface area contributed by atoms with Crippen LogP contribution in [0.4, 0.5) is 8.78 Å². The number of benzene rings is 1. The summed E-state index contributed by atoms with van der Waals surface area (Å²) in [5.74, 6) is -0.904. The van der Waals surface area contributed by atoms with Crippen molar-refractivity contribution in [2.45, 2.75) is 25.4 Å². The summed E-state index contributed by atoms with van der Waals surface area (Å²) in [6, 6.07) is 2.19. The number of hydrogen-bond acceptors (Lipinski definition) is 1. The van der Waals surface area contributed by atoms with E-state index in [9.17, 15) is 13.9 Å². The van der Waals surface area contributed by atoms with Crippen molar-refractivity contribution >= 4 is 0 Å². The minimum Gasteiger partial charge on any atom is -0.388 e. The Morgan fingerprint density at radius 1 is 1.23 bits per heavy atom. The predicted molar refractivity (Wildman–Crippen MR) is 44.3 cm³/mol. The van der Waals surface area contributed by atoms with E-state index in [-0.39, 0.29) is 5.56 Å². The van der Waals surface area contributed by atoms with E-state index in [0.29, 0.717) is 24.8 Å². The van der Waals surface area contributed by atoms with Crippen LogP contribution in [0.5, 0.6) is 0 Å². The number of aliphatic hydroxyl groups excluding tert-OH is 1. The normalized spacial score (nSPS) is 21.3. The van der Waals surface area contributed by atoms with E-state index in [4.69, 9.17) is 0 Å². The van der Waals surface area contributed by atoms with Crippen LogP contribution in [0.3, 0.4) is 0 Å². The van der Waals surface area contributed by atoms with Crippen molar-refractivity contribution in [3.8, 4) is 0 Å². The average Bonchev–Trinajstić information content (AvgIpc) is 2.12. The number of rotatable bonds is 0. The fourth-order valence-corrected chi connectivity index (χ4v) is 1.84. The van der Waals surface area contributed by atoms with Gasteiger partial charge in [-0.05, 0) is 37.0 Å². The molecule has 0 spiro atoms. The summed E-state index contributed by atoms with van der Waals surface area (Å²) in [7, 11) is 0. The van der Waals surface area contributed by atoms with Crippen LogP contribution in [0.15, 0.2) is 12.1 Å². The van der Waals surface area contributed by atoms with E-state index in [2.05, 4.69) is 0 Å². The fourth-order valence-electron chi connectivity index (χ4n) is 1.84. The van der Waals surface area contributed by atoms with Gasteiger partial charge >= 0.3 is 0 Å². The number of fused-ring (bicyclic) bond motifs is 1. The first kappa shape index (κ1) is 8.63. The van der Waals surface area contributed by atoms with Crippen LogP contribution in [0, 0.1) is 11.6 Å². The Morgan fingerprint density at radius 3 is 2.62 bits per heavy atom. The summed E-state index contributed by atoms with van der Waals surface area (Å²) in [6.45, 7) is 0. The van der Waals surface area contributed by atoms with E-state index in [1.165, 1.54) is 0 Å². The van der Waals surface area contributed by atoms with Crippen molar-refractivity contribution in [2.75, 3.05) is 0 Å². The predicted octanol–water partition coefficient (Wildman–Crippen LogP) is 2.33. The number of hydrogen-bond donors (Lipinski definition) is 1. The molecule has 0 aromatic heterocycles. The molecular formula is C10H10F2O. The summed E-state index contributed by atoms with van der Waals surface area (Å²) >= 11 is 0. The minimum absolute atomic E-state index is 0.159. The van der Waals surface area contributed by atoms with Gasteiger partial charge in [0.15, 0.2) is 0 Å². The highest BCUT2D eigenvalue weighted by atomic mass is 19.1. The van der Waals surface area contributed by atoms with E-state index < -0.39 is 17.7 Å². The van der Waals surface area contributed by atoms with Crippen LogP contribution >= 0.6 is 0 Å². The summed E-state index contributed by atoms with van der Waals surface area (Å²) in [4.78, 5) is 0.